The number of hydrogen-bond donors (Lipinski definition) is 1. The summed E-state index contributed by atoms with van der Waals surface area (Å²) >= 11 is 0. The summed E-state index contributed by atoms with van der Waals surface area (Å²) in [6, 6.07) is 10.5. The Morgan fingerprint density at radius 1 is 1.27 bits per heavy atom. The molecule has 2 atom stereocenters. The number of nitrogens with zero attached hydrogens (tertiary/aromatic N) is 2. The van der Waals surface area contributed by atoms with E-state index in [2.05, 4.69) is 24.3 Å². The van der Waals surface area contributed by atoms with Crippen molar-refractivity contribution in [2.45, 2.75) is 25.9 Å². The topological polar surface area (TPSA) is 54.3 Å². The number of carbonyl (C=O) groups is 2. The smallest absolute Gasteiger partial charge is 0.228 e. The van der Waals surface area contributed by atoms with Crippen molar-refractivity contribution in [2.75, 3.05) is 46.4 Å². The van der Waals surface area contributed by atoms with Crippen molar-refractivity contribution in [1.29, 1.82) is 0 Å². The van der Waals surface area contributed by atoms with E-state index in [1.54, 1.807) is 12.0 Å². The maximum absolute atomic E-state index is 12.8. The lowest BCUT2D eigenvalue weighted by Crippen LogP contribution is -3.13. The van der Waals surface area contributed by atoms with E-state index in [0.29, 0.717) is 19.6 Å². The summed E-state index contributed by atoms with van der Waals surface area (Å²) in [6.07, 6.45) is 0.337. The Kier molecular flexibility index (Phi) is 6.27. The maximum atomic E-state index is 12.8. The predicted molar refractivity (Wildman–Crippen MR) is 98.6 cm³/mol. The van der Waals surface area contributed by atoms with E-state index >= 15 is 0 Å². The predicted octanol–water partition coefficient (Wildman–Crippen LogP) is -0.203. The number of hydrogen-bond acceptors (Lipinski definition) is 3. The van der Waals surface area contributed by atoms with Crippen LogP contribution in [0.1, 0.15) is 18.9 Å². The molecule has 2 aliphatic rings. The van der Waals surface area contributed by atoms with Crippen molar-refractivity contribution < 1.29 is 19.2 Å². The summed E-state index contributed by atoms with van der Waals surface area (Å²) in [7, 11) is 1.64. The molecule has 0 aliphatic carbocycles. The Morgan fingerprint density at radius 3 is 2.62 bits per heavy atom. The first-order valence-corrected chi connectivity index (χ1v) is 9.53. The maximum Gasteiger partial charge on any atom is 0.228 e. The van der Waals surface area contributed by atoms with E-state index in [0.717, 1.165) is 32.7 Å². The zero-order valence-corrected chi connectivity index (χ0v) is 15.8. The fraction of sp³-hybridized carbons (Fsp3) is 0.600. The highest BCUT2D eigenvalue weighted by atomic mass is 16.5. The minimum Gasteiger partial charge on any atom is -0.383 e. The third-order valence-corrected chi connectivity index (χ3v) is 5.53. The zero-order chi connectivity index (χ0) is 18.5. The molecule has 2 amide bonds. The minimum atomic E-state index is -0.197. The van der Waals surface area contributed by atoms with Crippen LogP contribution in [0, 0.1) is 5.92 Å². The quantitative estimate of drug-likeness (QED) is 0.764. The first-order chi connectivity index (χ1) is 12.6. The Balaban J connectivity index is 1.49. The molecular weight excluding hydrogens is 330 g/mol. The normalized spacial score (nSPS) is 22.7. The van der Waals surface area contributed by atoms with Gasteiger partial charge in [0.2, 0.25) is 11.8 Å². The van der Waals surface area contributed by atoms with Gasteiger partial charge in [-0.2, -0.15) is 0 Å². The van der Waals surface area contributed by atoms with Gasteiger partial charge in [0.15, 0.2) is 0 Å². The molecule has 2 saturated heterocycles. The van der Waals surface area contributed by atoms with Gasteiger partial charge < -0.3 is 19.4 Å². The molecule has 0 spiro atoms. The number of amides is 2. The van der Waals surface area contributed by atoms with Gasteiger partial charge in [0, 0.05) is 25.6 Å². The Bertz CT molecular complexity index is 614. The van der Waals surface area contributed by atoms with Crippen LogP contribution < -0.4 is 4.90 Å². The lowest BCUT2D eigenvalue weighted by atomic mass is 10.1. The Hall–Kier alpha value is -1.92. The first kappa shape index (κ1) is 18.9. The number of ether oxygens (including phenoxy) is 1. The van der Waals surface area contributed by atoms with Crippen molar-refractivity contribution in [3.8, 4) is 0 Å². The zero-order valence-electron chi connectivity index (χ0n) is 15.8. The van der Waals surface area contributed by atoms with E-state index in [1.165, 1.54) is 10.5 Å². The van der Waals surface area contributed by atoms with Crippen LogP contribution in [0.15, 0.2) is 30.3 Å². The van der Waals surface area contributed by atoms with Crippen LogP contribution in [0.25, 0.3) is 0 Å². The summed E-state index contributed by atoms with van der Waals surface area (Å²) in [4.78, 5) is 30.3. The molecule has 0 radical (unpaired) electrons. The van der Waals surface area contributed by atoms with E-state index in [4.69, 9.17) is 4.74 Å². The van der Waals surface area contributed by atoms with E-state index < -0.39 is 0 Å². The van der Waals surface area contributed by atoms with Gasteiger partial charge in [0.25, 0.3) is 0 Å². The van der Waals surface area contributed by atoms with Gasteiger partial charge in [-0.3, -0.25) is 9.59 Å². The summed E-state index contributed by atoms with van der Waals surface area (Å²) in [5.74, 6) is 0.0166. The Labute approximate surface area is 155 Å². The second kappa shape index (κ2) is 8.64. The number of rotatable bonds is 6. The van der Waals surface area contributed by atoms with Crippen LogP contribution in [0.5, 0.6) is 0 Å². The molecule has 6 heteroatoms. The molecule has 1 aromatic rings. The highest BCUT2D eigenvalue weighted by Crippen LogP contribution is 2.22. The lowest BCUT2D eigenvalue weighted by molar-refractivity contribution is -0.917. The van der Waals surface area contributed by atoms with Gasteiger partial charge in [-0.25, -0.2) is 0 Å². The van der Waals surface area contributed by atoms with Crippen molar-refractivity contribution in [3.05, 3.63) is 35.9 Å². The van der Waals surface area contributed by atoms with Gasteiger partial charge in [-0.1, -0.05) is 30.3 Å². The van der Waals surface area contributed by atoms with Gasteiger partial charge in [0.1, 0.15) is 6.54 Å². The third kappa shape index (κ3) is 4.43. The highest BCUT2D eigenvalue weighted by molar-refractivity contribution is 5.89. The molecule has 2 heterocycles. The van der Waals surface area contributed by atoms with Crippen molar-refractivity contribution in [3.63, 3.8) is 0 Å². The average Bonchev–Trinajstić information content (AvgIpc) is 3.05. The number of quaternary nitrogens is 1. The highest BCUT2D eigenvalue weighted by Gasteiger charge is 2.39. The van der Waals surface area contributed by atoms with E-state index in [-0.39, 0.29) is 23.8 Å². The van der Waals surface area contributed by atoms with Crippen LogP contribution in [0.2, 0.25) is 0 Å². The molecule has 0 unspecified atom stereocenters. The summed E-state index contributed by atoms with van der Waals surface area (Å²) in [5, 5.41) is 0. The minimum absolute atomic E-state index is 0.0254. The van der Waals surface area contributed by atoms with E-state index in [1.807, 2.05) is 17.9 Å². The largest absolute Gasteiger partial charge is 0.383 e. The van der Waals surface area contributed by atoms with Gasteiger partial charge in [-0.15, -0.1) is 0 Å². The molecule has 0 saturated carbocycles. The van der Waals surface area contributed by atoms with Crippen molar-refractivity contribution in [1.82, 2.24) is 9.80 Å². The second-order valence-corrected chi connectivity index (χ2v) is 7.49. The molecule has 6 nitrogen and oxygen atoms in total. The number of carbonyl (C=O) groups excluding carboxylic acids is 2. The Morgan fingerprint density at radius 2 is 1.96 bits per heavy atom. The molecular formula is C20H30N3O3+. The van der Waals surface area contributed by atoms with Gasteiger partial charge in [0.05, 0.1) is 44.7 Å². The number of benzene rings is 1. The fourth-order valence-corrected chi connectivity index (χ4v) is 4.02. The molecule has 142 valence electrons. The molecule has 0 aromatic heterocycles. The van der Waals surface area contributed by atoms with Crippen molar-refractivity contribution in [2.24, 2.45) is 5.92 Å². The first-order valence-electron chi connectivity index (χ1n) is 9.53. The summed E-state index contributed by atoms with van der Waals surface area (Å²) in [6.45, 7) is 7.50. The van der Waals surface area contributed by atoms with Crippen LogP contribution >= 0.6 is 0 Å². The fourth-order valence-electron chi connectivity index (χ4n) is 4.02. The summed E-state index contributed by atoms with van der Waals surface area (Å²) < 4.78 is 5.15. The van der Waals surface area contributed by atoms with Gasteiger partial charge in [-0.05, 0) is 6.92 Å². The molecule has 2 fully saturated rings. The second-order valence-electron chi connectivity index (χ2n) is 7.49. The van der Waals surface area contributed by atoms with Crippen molar-refractivity contribution >= 4 is 11.8 Å². The number of nitrogens with one attached hydrogen (secondary N) is 1. The standard InChI is InChI=1S/C20H29N3O3/c1-16(15-26-2)23-14-18(12-19(23)24)20(25)22-10-8-21(9-11-22)13-17-6-4-3-5-7-17/h3-7,16,18H,8-15H2,1-2H3/p+1/t16-,18+/m1/s1. The van der Waals surface area contributed by atoms with E-state index in [9.17, 15) is 9.59 Å². The number of methoxy groups -OCH3 is 1. The van der Waals surface area contributed by atoms with Crippen LogP contribution in [0.4, 0.5) is 0 Å². The SMILES string of the molecule is COC[C@@H](C)N1C[C@@H](C(=O)N2CC[NH+](Cc3ccccc3)CC2)CC1=O. The molecule has 2 aliphatic heterocycles. The lowest BCUT2D eigenvalue weighted by Gasteiger charge is -2.33. The number of likely N-dealkylation sites (tertiary alicyclic amines) is 1. The van der Waals surface area contributed by atoms with Gasteiger partial charge >= 0.3 is 0 Å². The monoisotopic (exact) mass is 360 g/mol. The molecule has 26 heavy (non-hydrogen) atoms. The molecule has 3 rings (SSSR count). The molecule has 1 N–H and O–H groups in total. The van der Waals surface area contributed by atoms with Crippen LogP contribution in [0.3, 0.4) is 0 Å². The van der Waals surface area contributed by atoms with Crippen LogP contribution in [-0.2, 0) is 20.9 Å². The summed E-state index contributed by atoms with van der Waals surface area (Å²) in [5.41, 5.74) is 1.34. The molecule has 0 bridgehead atoms. The third-order valence-electron chi connectivity index (χ3n) is 5.53. The average molecular weight is 360 g/mol. The van der Waals surface area contributed by atoms with Crippen LogP contribution in [-0.4, -0.2) is 74.1 Å². The number of piperazine rings is 1. The molecule has 1 aromatic carbocycles.